The number of aliphatic imine (C=N–C) groups is 1. The number of benzene rings is 1. The van der Waals surface area contributed by atoms with Crippen molar-refractivity contribution >= 4 is 53.3 Å². The molecule has 1 aromatic rings. The van der Waals surface area contributed by atoms with E-state index >= 15 is 0 Å². The van der Waals surface area contributed by atoms with Gasteiger partial charge in [0.05, 0.1) is 0 Å². The van der Waals surface area contributed by atoms with Crippen molar-refractivity contribution in [1.29, 1.82) is 0 Å². The molecule has 114 valence electrons. The monoisotopic (exact) mass is 427 g/mol. The van der Waals surface area contributed by atoms with Gasteiger partial charge in [0, 0.05) is 29.9 Å². The van der Waals surface area contributed by atoms with Crippen molar-refractivity contribution in [2.75, 3.05) is 19.8 Å². The third-order valence-corrected chi connectivity index (χ3v) is 4.33. The minimum Gasteiger partial charge on any atom is -0.355 e. The zero-order valence-corrected chi connectivity index (χ0v) is 16.3. The van der Waals surface area contributed by atoms with Crippen LogP contribution in [-0.2, 0) is 6.54 Å². The molecule has 0 aliphatic carbocycles. The molecule has 0 atom stereocenters. The molecule has 0 amide bonds. The number of guanidine groups is 1. The Morgan fingerprint density at radius 2 is 1.85 bits per heavy atom. The fraction of sp³-hybridized carbons (Fsp3) is 0.500. The van der Waals surface area contributed by atoms with Crippen LogP contribution in [0, 0.1) is 0 Å². The van der Waals surface area contributed by atoms with Crippen LogP contribution < -0.4 is 10.6 Å². The average Bonchev–Trinajstić information content (AvgIpc) is 2.41. The molecule has 0 saturated heterocycles. The van der Waals surface area contributed by atoms with Crippen LogP contribution in [0.2, 0.25) is 5.02 Å². The second kappa shape index (κ2) is 9.73. The Hall–Kier alpha value is -0.140. The van der Waals surface area contributed by atoms with Gasteiger partial charge in [-0.2, -0.15) is 11.8 Å². The Morgan fingerprint density at radius 1 is 1.25 bits per heavy atom. The summed E-state index contributed by atoms with van der Waals surface area (Å²) in [6.45, 7) is 6.01. The molecule has 0 aliphatic rings. The second-order valence-corrected chi connectivity index (χ2v) is 6.82. The number of nitrogens with zero attached hydrogens (tertiary/aromatic N) is 1. The summed E-state index contributed by atoms with van der Waals surface area (Å²) >= 11 is 7.69. The first kappa shape index (κ1) is 19.9. The Labute approximate surface area is 148 Å². The van der Waals surface area contributed by atoms with Crippen LogP contribution in [0.15, 0.2) is 29.3 Å². The molecule has 0 aromatic heterocycles. The van der Waals surface area contributed by atoms with Crippen LogP contribution in [0.4, 0.5) is 0 Å². The highest BCUT2D eigenvalue weighted by Gasteiger charge is 2.15. The summed E-state index contributed by atoms with van der Waals surface area (Å²) in [5.41, 5.74) is 1.18. The number of thioether (sulfide) groups is 1. The Balaban J connectivity index is 0.00000361. The fourth-order valence-corrected chi connectivity index (χ4v) is 1.72. The van der Waals surface area contributed by atoms with Crippen LogP contribution in [-0.4, -0.2) is 30.6 Å². The minimum absolute atomic E-state index is 0. The maximum absolute atomic E-state index is 5.86. The highest BCUT2D eigenvalue weighted by atomic mass is 127. The van der Waals surface area contributed by atoms with Crippen molar-refractivity contribution in [3.8, 4) is 0 Å². The summed E-state index contributed by atoms with van der Waals surface area (Å²) < 4.78 is 0.192. The summed E-state index contributed by atoms with van der Waals surface area (Å²) in [5, 5.41) is 7.38. The largest absolute Gasteiger partial charge is 0.355 e. The molecular formula is C14H23ClIN3S. The van der Waals surface area contributed by atoms with Crippen molar-refractivity contribution in [2.45, 2.75) is 25.1 Å². The third-order valence-electron chi connectivity index (χ3n) is 2.83. The fourth-order valence-electron chi connectivity index (χ4n) is 1.38. The summed E-state index contributed by atoms with van der Waals surface area (Å²) in [7, 11) is 1.78. The molecule has 1 rings (SSSR count). The third kappa shape index (κ3) is 7.59. The lowest BCUT2D eigenvalue weighted by molar-refractivity contribution is 0.664. The van der Waals surface area contributed by atoms with E-state index in [0.717, 1.165) is 24.1 Å². The van der Waals surface area contributed by atoms with E-state index in [2.05, 4.69) is 35.7 Å². The van der Waals surface area contributed by atoms with Gasteiger partial charge in [-0.15, -0.1) is 24.0 Å². The van der Waals surface area contributed by atoms with Gasteiger partial charge in [0.1, 0.15) is 0 Å². The van der Waals surface area contributed by atoms with Gasteiger partial charge >= 0.3 is 0 Å². The standard InChI is InChI=1S/C14H22ClN3S.HI/c1-14(2,19-4)10-18-13(16-3)17-9-11-5-7-12(15)8-6-11;/h5-8H,9-10H2,1-4H3,(H2,16,17,18);1H. The summed E-state index contributed by atoms with van der Waals surface area (Å²) in [4.78, 5) is 4.22. The zero-order valence-electron chi connectivity index (χ0n) is 12.4. The van der Waals surface area contributed by atoms with Gasteiger partial charge in [0.25, 0.3) is 0 Å². The highest BCUT2D eigenvalue weighted by Crippen LogP contribution is 2.19. The quantitative estimate of drug-likeness (QED) is 0.427. The van der Waals surface area contributed by atoms with Crippen molar-refractivity contribution in [3.63, 3.8) is 0 Å². The van der Waals surface area contributed by atoms with E-state index in [0.29, 0.717) is 0 Å². The van der Waals surface area contributed by atoms with E-state index in [-0.39, 0.29) is 28.7 Å². The molecule has 2 N–H and O–H groups in total. The first-order valence-electron chi connectivity index (χ1n) is 6.21. The number of hydrogen-bond donors (Lipinski definition) is 2. The van der Waals surface area contributed by atoms with E-state index in [1.54, 1.807) is 7.05 Å². The molecule has 0 radical (unpaired) electrons. The number of halogens is 2. The topological polar surface area (TPSA) is 36.4 Å². The normalized spacial score (nSPS) is 11.8. The van der Waals surface area contributed by atoms with E-state index in [1.165, 1.54) is 5.56 Å². The van der Waals surface area contributed by atoms with Crippen molar-refractivity contribution in [1.82, 2.24) is 10.6 Å². The molecule has 20 heavy (non-hydrogen) atoms. The molecule has 0 spiro atoms. The maximum atomic E-state index is 5.86. The molecule has 0 bridgehead atoms. The number of hydrogen-bond acceptors (Lipinski definition) is 2. The van der Waals surface area contributed by atoms with Crippen LogP contribution in [0.3, 0.4) is 0 Å². The minimum atomic E-state index is 0. The Kier molecular flexibility index (Phi) is 9.67. The number of rotatable bonds is 5. The Morgan fingerprint density at radius 3 is 2.35 bits per heavy atom. The van der Waals surface area contributed by atoms with Crippen LogP contribution >= 0.6 is 47.3 Å². The maximum Gasteiger partial charge on any atom is 0.191 e. The van der Waals surface area contributed by atoms with E-state index in [1.807, 2.05) is 36.0 Å². The predicted octanol–water partition coefficient (Wildman–Crippen LogP) is 3.76. The van der Waals surface area contributed by atoms with Crippen LogP contribution in [0.25, 0.3) is 0 Å². The van der Waals surface area contributed by atoms with Crippen molar-refractivity contribution in [2.24, 2.45) is 4.99 Å². The second-order valence-electron chi connectivity index (χ2n) is 4.87. The van der Waals surface area contributed by atoms with Crippen molar-refractivity contribution in [3.05, 3.63) is 34.9 Å². The molecule has 0 fully saturated rings. The molecule has 0 heterocycles. The van der Waals surface area contributed by atoms with Gasteiger partial charge in [0.15, 0.2) is 5.96 Å². The predicted molar refractivity (Wildman–Crippen MR) is 103 cm³/mol. The smallest absolute Gasteiger partial charge is 0.191 e. The lowest BCUT2D eigenvalue weighted by Crippen LogP contribution is -2.42. The summed E-state index contributed by atoms with van der Waals surface area (Å²) in [6.07, 6.45) is 2.12. The summed E-state index contributed by atoms with van der Waals surface area (Å²) in [5.74, 6) is 0.817. The Bertz CT molecular complexity index is 421. The first-order valence-corrected chi connectivity index (χ1v) is 7.81. The zero-order chi connectivity index (χ0) is 14.3. The molecule has 0 aliphatic heterocycles. The van der Waals surface area contributed by atoms with Crippen LogP contribution in [0.1, 0.15) is 19.4 Å². The summed E-state index contributed by atoms with van der Waals surface area (Å²) in [6, 6.07) is 7.81. The molecular weight excluding hydrogens is 405 g/mol. The molecule has 0 unspecified atom stereocenters. The average molecular weight is 428 g/mol. The van der Waals surface area contributed by atoms with Gasteiger partial charge in [-0.3, -0.25) is 4.99 Å². The van der Waals surface area contributed by atoms with Crippen molar-refractivity contribution < 1.29 is 0 Å². The number of nitrogens with one attached hydrogen (secondary N) is 2. The van der Waals surface area contributed by atoms with Gasteiger partial charge in [-0.1, -0.05) is 23.7 Å². The van der Waals surface area contributed by atoms with Gasteiger partial charge in [0.2, 0.25) is 0 Å². The lowest BCUT2D eigenvalue weighted by atomic mass is 10.2. The van der Waals surface area contributed by atoms with E-state index < -0.39 is 0 Å². The van der Waals surface area contributed by atoms with Gasteiger partial charge in [-0.05, 0) is 37.8 Å². The van der Waals surface area contributed by atoms with Gasteiger partial charge in [-0.25, -0.2) is 0 Å². The highest BCUT2D eigenvalue weighted by molar-refractivity contribution is 14.0. The lowest BCUT2D eigenvalue weighted by Gasteiger charge is -2.23. The van der Waals surface area contributed by atoms with E-state index in [9.17, 15) is 0 Å². The molecule has 6 heteroatoms. The molecule has 0 saturated carbocycles. The first-order chi connectivity index (χ1) is 8.96. The van der Waals surface area contributed by atoms with E-state index in [4.69, 9.17) is 11.6 Å². The van der Waals surface area contributed by atoms with Gasteiger partial charge < -0.3 is 10.6 Å². The SMILES string of the molecule is CN=C(NCc1ccc(Cl)cc1)NCC(C)(C)SC.I. The molecule has 3 nitrogen and oxygen atoms in total. The van der Waals surface area contributed by atoms with Crippen LogP contribution in [0.5, 0.6) is 0 Å². The molecule has 1 aromatic carbocycles.